The first-order valence-corrected chi connectivity index (χ1v) is 10.1. The van der Waals surface area contributed by atoms with Crippen LogP contribution >= 0.6 is 11.6 Å². The second-order valence-electron chi connectivity index (χ2n) is 8.07. The number of carbonyl (C=O) groups is 1. The number of aromatic carboxylic acids is 1. The van der Waals surface area contributed by atoms with Crippen molar-refractivity contribution in [3.8, 4) is 22.9 Å². The predicted octanol–water partition coefficient (Wildman–Crippen LogP) is 5.88. The first-order valence-electron chi connectivity index (χ1n) is 9.72. The van der Waals surface area contributed by atoms with Crippen LogP contribution in [0.3, 0.4) is 0 Å². The number of nitrogens with two attached hydrogens (primary N) is 1. The SMILES string of the molecule is Cc1ccc(Oc2nc3cc(-c4ccc(C(C)(C)N)cc4)c(Cl)cc3[nH]2)cc1C(=O)O. The first kappa shape index (κ1) is 20.9. The van der Waals surface area contributed by atoms with Crippen LogP contribution < -0.4 is 10.5 Å². The van der Waals surface area contributed by atoms with Gasteiger partial charge in [0.2, 0.25) is 0 Å². The Labute approximate surface area is 184 Å². The fourth-order valence-electron chi connectivity index (χ4n) is 3.36. The molecule has 0 saturated carbocycles. The lowest BCUT2D eigenvalue weighted by Crippen LogP contribution is -2.28. The predicted molar refractivity (Wildman–Crippen MR) is 122 cm³/mol. The lowest BCUT2D eigenvalue weighted by Gasteiger charge is -2.19. The van der Waals surface area contributed by atoms with Gasteiger partial charge < -0.3 is 20.6 Å². The fraction of sp³-hybridized carbons (Fsp3) is 0.167. The van der Waals surface area contributed by atoms with Crippen LogP contribution in [0, 0.1) is 6.92 Å². The molecular weight excluding hydrogens is 414 g/mol. The van der Waals surface area contributed by atoms with E-state index in [1.165, 1.54) is 6.07 Å². The number of hydrogen-bond acceptors (Lipinski definition) is 4. The average molecular weight is 436 g/mol. The number of aromatic amines is 1. The smallest absolute Gasteiger partial charge is 0.336 e. The maximum Gasteiger partial charge on any atom is 0.336 e. The minimum atomic E-state index is -1.01. The molecule has 0 fully saturated rings. The van der Waals surface area contributed by atoms with E-state index in [4.69, 9.17) is 22.1 Å². The molecule has 0 unspecified atom stereocenters. The number of H-pyrrole nitrogens is 1. The van der Waals surface area contributed by atoms with E-state index in [1.54, 1.807) is 25.1 Å². The highest BCUT2D eigenvalue weighted by Gasteiger charge is 2.16. The van der Waals surface area contributed by atoms with E-state index in [-0.39, 0.29) is 11.6 Å². The highest BCUT2D eigenvalue weighted by molar-refractivity contribution is 6.34. The Bertz CT molecular complexity index is 1290. The minimum Gasteiger partial charge on any atom is -0.478 e. The van der Waals surface area contributed by atoms with E-state index < -0.39 is 11.5 Å². The minimum absolute atomic E-state index is 0.183. The van der Waals surface area contributed by atoms with Crippen molar-refractivity contribution < 1.29 is 14.6 Å². The number of benzene rings is 3. The Morgan fingerprint density at radius 2 is 1.84 bits per heavy atom. The van der Waals surface area contributed by atoms with E-state index in [9.17, 15) is 9.90 Å². The number of nitrogens with zero attached hydrogens (tertiary/aromatic N) is 1. The van der Waals surface area contributed by atoms with Crippen LogP contribution in [0.15, 0.2) is 54.6 Å². The van der Waals surface area contributed by atoms with Gasteiger partial charge in [0.15, 0.2) is 0 Å². The van der Waals surface area contributed by atoms with Crippen LogP contribution in [0.4, 0.5) is 0 Å². The second kappa shape index (κ2) is 7.72. The number of fused-ring (bicyclic) bond motifs is 1. The molecule has 4 aromatic rings. The van der Waals surface area contributed by atoms with Gasteiger partial charge in [-0.1, -0.05) is 41.9 Å². The zero-order chi connectivity index (χ0) is 22.3. The van der Waals surface area contributed by atoms with Gasteiger partial charge in [-0.25, -0.2) is 4.79 Å². The summed E-state index contributed by atoms with van der Waals surface area (Å²) in [7, 11) is 0. The van der Waals surface area contributed by atoms with Crippen molar-refractivity contribution in [2.75, 3.05) is 0 Å². The Balaban J connectivity index is 1.66. The molecule has 6 nitrogen and oxygen atoms in total. The summed E-state index contributed by atoms with van der Waals surface area (Å²) in [6.07, 6.45) is 0. The number of imidazole rings is 1. The van der Waals surface area contributed by atoms with Gasteiger partial charge in [-0.3, -0.25) is 0 Å². The molecule has 31 heavy (non-hydrogen) atoms. The number of hydrogen-bond donors (Lipinski definition) is 3. The summed E-state index contributed by atoms with van der Waals surface area (Å²) in [5, 5.41) is 9.88. The number of ether oxygens (including phenoxy) is 1. The standard InChI is InChI=1S/C24H22ClN3O3/c1-13-4-9-16(10-17(13)22(29)30)31-23-27-20-11-18(19(25)12-21(20)28-23)14-5-7-15(8-6-14)24(2,3)26/h4-12H,26H2,1-3H3,(H,27,28)(H,29,30). The van der Waals surface area contributed by atoms with Crippen LogP contribution in [-0.4, -0.2) is 21.0 Å². The molecule has 4 rings (SSSR count). The van der Waals surface area contributed by atoms with Crippen LogP contribution in [0.1, 0.15) is 35.3 Å². The van der Waals surface area contributed by atoms with E-state index >= 15 is 0 Å². The molecule has 158 valence electrons. The number of halogens is 1. The van der Waals surface area contributed by atoms with Gasteiger partial charge in [-0.15, -0.1) is 0 Å². The van der Waals surface area contributed by atoms with Gasteiger partial charge in [-0.2, -0.15) is 4.98 Å². The van der Waals surface area contributed by atoms with Crippen molar-refractivity contribution in [2.24, 2.45) is 5.73 Å². The number of aromatic nitrogens is 2. The Morgan fingerprint density at radius 3 is 2.48 bits per heavy atom. The Morgan fingerprint density at radius 1 is 1.13 bits per heavy atom. The van der Waals surface area contributed by atoms with E-state index in [1.807, 2.05) is 44.2 Å². The molecule has 0 atom stereocenters. The molecule has 0 spiro atoms. The molecule has 0 radical (unpaired) electrons. The third-order valence-electron chi connectivity index (χ3n) is 5.14. The first-order chi connectivity index (χ1) is 14.6. The molecule has 0 saturated heterocycles. The molecular formula is C24H22ClN3O3. The van der Waals surface area contributed by atoms with Gasteiger partial charge in [0.25, 0.3) is 6.01 Å². The van der Waals surface area contributed by atoms with Gasteiger partial charge in [0.1, 0.15) is 5.75 Å². The van der Waals surface area contributed by atoms with Crippen LogP contribution in [0.5, 0.6) is 11.8 Å². The largest absolute Gasteiger partial charge is 0.478 e. The van der Waals surface area contributed by atoms with Crippen molar-refractivity contribution in [3.63, 3.8) is 0 Å². The normalized spacial score (nSPS) is 11.6. The Hall–Kier alpha value is -3.35. The van der Waals surface area contributed by atoms with Crippen molar-refractivity contribution in [1.82, 2.24) is 9.97 Å². The molecule has 0 aliphatic heterocycles. The Kier molecular flexibility index (Phi) is 5.21. The quantitative estimate of drug-likeness (QED) is 0.363. The third-order valence-corrected chi connectivity index (χ3v) is 5.46. The van der Waals surface area contributed by atoms with Crippen LogP contribution in [0.25, 0.3) is 22.2 Å². The molecule has 0 amide bonds. The van der Waals surface area contributed by atoms with Gasteiger partial charge in [-0.05, 0) is 61.7 Å². The lowest BCUT2D eigenvalue weighted by atomic mass is 9.93. The van der Waals surface area contributed by atoms with Crippen molar-refractivity contribution in [2.45, 2.75) is 26.3 Å². The molecule has 4 N–H and O–H groups in total. The van der Waals surface area contributed by atoms with Gasteiger partial charge in [0, 0.05) is 11.1 Å². The maximum atomic E-state index is 11.4. The van der Waals surface area contributed by atoms with Crippen molar-refractivity contribution in [3.05, 3.63) is 76.3 Å². The molecule has 0 bridgehead atoms. The number of rotatable bonds is 5. The zero-order valence-corrected chi connectivity index (χ0v) is 18.1. The van der Waals surface area contributed by atoms with Crippen LogP contribution in [0.2, 0.25) is 5.02 Å². The summed E-state index contributed by atoms with van der Waals surface area (Å²) in [6.45, 7) is 5.65. The van der Waals surface area contributed by atoms with Crippen LogP contribution in [-0.2, 0) is 5.54 Å². The summed E-state index contributed by atoms with van der Waals surface area (Å²) >= 11 is 6.53. The fourth-order valence-corrected chi connectivity index (χ4v) is 3.64. The molecule has 1 heterocycles. The monoisotopic (exact) mass is 435 g/mol. The summed E-state index contributed by atoms with van der Waals surface area (Å²) in [5.41, 5.74) is 10.8. The zero-order valence-electron chi connectivity index (χ0n) is 17.4. The van der Waals surface area contributed by atoms with Crippen molar-refractivity contribution in [1.29, 1.82) is 0 Å². The maximum absolute atomic E-state index is 11.4. The molecule has 0 aliphatic carbocycles. The summed E-state index contributed by atoms with van der Waals surface area (Å²) < 4.78 is 5.76. The highest BCUT2D eigenvalue weighted by Crippen LogP contribution is 2.34. The van der Waals surface area contributed by atoms with E-state index in [0.717, 1.165) is 16.7 Å². The average Bonchev–Trinajstić information content (AvgIpc) is 3.09. The van der Waals surface area contributed by atoms with E-state index in [2.05, 4.69) is 9.97 Å². The molecule has 7 heteroatoms. The second-order valence-corrected chi connectivity index (χ2v) is 8.48. The number of carboxylic acids is 1. The summed E-state index contributed by atoms with van der Waals surface area (Å²) in [4.78, 5) is 18.9. The highest BCUT2D eigenvalue weighted by atomic mass is 35.5. The van der Waals surface area contributed by atoms with E-state index in [0.29, 0.717) is 27.4 Å². The lowest BCUT2D eigenvalue weighted by molar-refractivity contribution is 0.0695. The van der Waals surface area contributed by atoms with Gasteiger partial charge in [0.05, 0.1) is 21.6 Å². The molecule has 0 aliphatic rings. The number of nitrogens with one attached hydrogen (secondary N) is 1. The van der Waals surface area contributed by atoms with Gasteiger partial charge >= 0.3 is 5.97 Å². The summed E-state index contributed by atoms with van der Waals surface area (Å²) in [5.74, 6) is -0.624. The van der Waals surface area contributed by atoms with Crippen molar-refractivity contribution >= 4 is 28.6 Å². The number of carboxylic acid groups (broad SMARTS) is 1. The topological polar surface area (TPSA) is 101 Å². The summed E-state index contributed by atoms with van der Waals surface area (Å²) in [6, 6.07) is 16.8. The molecule has 3 aromatic carbocycles. The third kappa shape index (κ3) is 4.26. The molecule has 1 aromatic heterocycles. The number of aryl methyl sites for hydroxylation is 1.